The fourth-order valence-corrected chi connectivity index (χ4v) is 4.59. The van der Waals surface area contributed by atoms with Crippen molar-refractivity contribution in [3.63, 3.8) is 0 Å². The number of aliphatic hydroxyl groups excluding tert-OH is 1. The quantitative estimate of drug-likeness (QED) is 0.355. The molecule has 3 aromatic carbocycles. The molecule has 0 spiro atoms. The van der Waals surface area contributed by atoms with Crippen LogP contribution in [0.4, 0.5) is 0 Å². The van der Waals surface area contributed by atoms with E-state index in [2.05, 4.69) is 0 Å². The van der Waals surface area contributed by atoms with Gasteiger partial charge in [0.15, 0.2) is 0 Å². The lowest BCUT2D eigenvalue weighted by molar-refractivity contribution is 0.0686. The van der Waals surface area contributed by atoms with Gasteiger partial charge in [0.25, 0.3) is 0 Å². The van der Waals surface area contributed by atoms with Gasteiger partial charge in [-0.25, -0.2) is 14.4 Å². The Kier molecular flexibility index (Phi) is 6.85. The highest BCUT2D eigenvalue weighted by molar-refractivity contribution is 5.92. The first-order chi connectivity index (χ1) is 17.2. The van der Waals surface area contributed by atoms with Crippen molar-refractivity contribution in [1.82, 2.24) is 0 Å². The minimum Gasteiger partial charge on any atom is -0.478 e. The van der Waals surface area contributed by atoms with Crippen LogP contribution < -0.4 is 0 Å². The van der Waals surface area contributed by atoms with Gasteiger partial charge in [-0.1, -0.05) is 48.6 Å². The average Bonchev–Trinajstić information content (AvgIpc) is 2.89. The number of benzene rings is 3. The van der Waals surface area contributed by atoms with E-state index in [1.54, 1.807) is 36.4 Å². The molecule has 3 aromatic rings. The van der Waals surface area contributed by atoms with Crippen molar-refractivity contribution in [3.8, 4) is 0 Å². The van der Waals surface area contributed by atoms with E-state index in [0.717, 1.165) is 27.8 Å². The van der Waals surface area contributed by atoms with Crippen LogP contribution >= 0.6 is 0 Å². The van der Waals surface area contributed by atoms with Crippen molar-refractivity contribution in [2.24, 2.45) is 0 Å². The van der Waals surface area contributed by atoms with Crippen LogP contribution in [0.25, 0.3) is 11.1 Å². The van der Waals surface area contributed by atoms with Crippen LogP contribution in [0.5, 0.6) is 0 Å². The summed E-state index contributed by atoms with van der Waals surface area (Å²) in [5, 5.41) is 37.9. The molecule has 4 rings (SSSR count). The number of aliphatic hydroxyl groups is 1. The number of aromatic carboxylic acids is 3. The molecule has 0 radical (unpaired) electrons. The van der Waals surface area contributed by atoms with E-state index in [9.17, 15) is 34.8 Å². The highest BCUT2D eigenvalue weighted by Crippen LogP contribution is 2.45. The molecule has 1 unspecified atom stereocenters. The summed E-state index contributed by atoms with van der Waals surface area (Å²) < 4.78 is 0. The number of carbonyl (C=O) groups is 3. The minimum atomic E-state index is -1.03. The Morgan fingerprint density at radius 1 is 0.667 bits per heavy atom. The highest BCUT2D eigenvalue weighted by Gasteiger charge is 2.34. The molecule has 1 aliphatic carbocycles. The maximum absolute atomic E-state index is 11.4. The van der Waals surface area contributed by atoms with Crippen LogP contribution in [0.1, 0.15) is 60.6 Å². The standard InChI is InChI=1S/C29H24O7/c30-14-13-29(25-11-9-22(10-12-25)28(35)36)16-23(18-1-5-20(6-2-18)26(31)32)15-24(17-29)19-3-7-21(8-4-19)27(33)34/h1-12,15-16,30H,13-14,17H2,(H,31,32)(H,33,34)(H,35,36). The van der Waals surface area contributed by atoms with Gasteiger partial charge in [0.1, 0.15) is 0 Å². The molecule has 1 atom stereocenters. The molecule has 0 bridgehead atoms. The molecule has 7 heteroatoms. The Hall–Kier alpha value is -4.49. The summed E-state index contributed by atoms with van der Waals surface area (Å²) in [5.41, 5.74) is 3.95. The second kappa shape index (κ2) is 10.0. The molecule has 4 N–H and O–H groups in total. The molecule has 0 saturated carbocycles. The SMILES string of the molecule is O=C(O)c1ccc(C2=CC(CCO)(c3ccc(C(=O)O)cc3)CC(c3ccc(C(=O)O)cc3)=C2)cc1. The first-order valence-corrected chi connectivity index (χ1v) is 11.3. The van der Waals surface area contributed by atoms with Crippen molar-refractivity contribution >= 4 is 29.1 Å². The molecule has 7 nitrogen and oxygen atoms in total. The fourth-order valence-electron chi connectivity index (χ4n) is 4.59. The summed E-state index contributed by atoms with van der Waals surface area (Å²) in [7, 11) is 0. The Balaban J connectivity index is 1.86. The zero-order chi connectivity index (χ0) is 25.9. The smallest absolute Gasteiger partial charge is 0.335 e. The number of hydrogen-bond acceptors (Lipinski definition) is 4. The third kappa shape index (κ3) is 4.96. The van der Waals surface area contributed by atoms with Gasteiger partial charge < -0.3 is 20.4 Å². The number of carboxylic acids is 3. The van der Waals surface area contributed by atoms with Gasteiger partial charge in [0, 0.05) is 12.0 Å². The maximum Gasteiger partial charge on any atom is 0.335 e. The normalized spacial score (nSPS) is 17.1. The molecule has 182 valence electrons. The van der Waals surface area contributed by atoms with E-state index in [4.69, 9.17) is 0 Å². The summed E-state index contributed by atoms with van der Waals surface area (Å²) in [5.74, 6) is -3.08. The summed E-state index contributed by atoms with van der Waals surface area (Å²) in [4.78, 5) is 34.0. The van der Waals surface area contributed by atoms with Crippen LogP contribution in [0.15, 0.2) is 84.9 Å². The molecule has 1 aliphatic rings. The van der Waals surface area contributed by atoms with E-state index in [1.165, 1.54) is 36.4 Å². The van der Waals surface area contributed by atoms with Gasteiger partial charge in [-0.05, 0) is 77.1 Å². The number of hydrogen-bond donors (Lipinski definition) is 4. The molecule has 0 aliphatic heterocycles. The van der Waals surface area contributed by atoms with Crippen molar-refractivity contribution in [1.29, 1.82) is 0 Å². The minimum absolute atomic E-state index is 0.117. The molecule has 0 fully saturated rings. The topological polar surface area (TPSA) is 132 Å². The van der Waals surface area contributed by atoms with Crippen LogP contribution in [0.3, 0.4) is 0 Å². The molecular weight excluding hydrogens is 460 g/mol. The summed E-state index contributed by atoms with van der Waals surface area (Å²) in [6.07, 6.45) is 4.86. The molecular formula is C29H24O7. The van der Waals surface area contributed by atoms with E-state index >= 15 is 0 Å². The molecule has 0 amide bonds. The van der Waals surface area contributed by atoms with Gasteiger partial charge in [0.2, 0.25) is 0 Å². The van der Waals surface area contributed by atoms with Gasteiger partial charge in [0.05, 0.1) is 16.7 Å². The first-order valence-electron chi connectivity index (χ1n) is 11.3. The van der Waals surface area contributed by atoms with Crippen LogP contribution in [0.2, 0.25) is 0 Å². The monoisotopic (exact) mass is 484 g/mol. The van der Waals surface area contributed by atoms with Crippen molar-refractivity contribution in [3.05, 3.63) is 118 Å². The Labute approximate surface area is 207 Å². The zero-order valence-corrected chi connectivity index (χ0v) is 19.2. The number of allylic oxidation sites excluding steroid dienone is 4. The highest BCUT2D eigenvalue weighted by atomic mass is 16.4. The predicted molar refractivity (Wildman–Crippen MR) is 134 cm³/mol. The molecule has 0 heterocycles. The summed E-state index contributed by atoms with van der Waals surface area (Å²) >= 11 is 0. The first kappa shape index (κ1) is 24.6. The van der Waals surface area contributed by atoms with Crippen molar-refractivity contribution in [2.75, 3.05) is 6.61 Å². The van der Waals surface area contributed by atoms with Crippen LogP contribution in [-0.4, -0.2) is 44.9 Å². The van der Waals surface area contributed by atoms with Crippen molar-refractivity contribution in [2.45, 2.75) is 18.3 Å². The van der Waals surface area contributed by atoms with Crippen molar-refractivity contribution < 1.29 is 34.8 Å². The lowest BCUT2D eigenvalue weighted by Gasteiger charge is -2.36. The second-order valence-electron chi connectivity index (χ2n) is 8.72. The maximum atomic E-state index is 11.4. The lowest BCUT2D eigenvalue weighted by Crippen LogP contribution is -2.28. The predicted octanol–water partition coefficient (Wildman–Crippen LogP) is 4.97. The Bertz CT molecular complexity index is 1360. The second-order valence-corrected chi connectivity index (χ2v) is 8.72. The summed E-state index contributed by atoms with van der Waals surface area (Å²) in [6.45, 7) is -0.117. The van der Waals surface area contributed by atoms with Crippen LogP contribution in [0, 0.1) is 0 Å². The van der Waals surface area contributed by atoms with Gasteiger partial charge in [-0.3, -0.25) is 0 Å². The van der Waals surface area contributed by atoms with Gasteiger partial charge in [-0.15, -0.1) is 0 Å². The van der Waals surface area contributed by atoms with Gasteiger partial charge in [-0.2, -0.15) is 0 Å². The van der Waals surface area contributed by atoms with E-state index in [-0.39, 0.29) is 23.3 Å². The molecule has 0 saturated heterocycles. The van der Waals surface area contributed by atoms with E-state index in [0.29, 0.717) is 12.8 Å². The third-order valence-electron chi connectivity index (χ3n) is 6.50. The van der Waals surface area contributed by atoms with Crippen LogP contribution in [-0.2, 0) is 5.41 Å². The third-order valence-corrected chi connectivity index (χ3v) is 6.50. The fraction of sp³-hybridized carbons (Fsp3) is 0.138. The number of carboxylic acid groups (broad SMARTS) is 3. The largest absolute Gasteiger partial charge is 0.478 e. The average molecular weight is 485 g/mol. The van der Waals surface area contributed by atoms with E-state index in [1.807, 2.05) is 12.2 Å². The Morgan fingerprint density at radius 3 is 1.56 bits per heavy atom. The lowest BCUT2D eigenvalue weighted by atomic mass is 9.67. The van der Waals surface area contributed by atoms with E-state index < -0.39 is 23.3 Å². The van der Waals surface area contributed by atoms with Gasteiger partial charge >= 0.3 is 17.9 Å². The number of rotatable bonds is 8. The Morgan fingerprint density at radius 2 is 1.11 bits per heavy atom. The molecule has 0 aromatic heterocycles. The summed E-state index contributed by atoms with van der Waals surface area (Å²) in [6, 6.07) is 19.6. The molecule has 36 heavy (non-hydrogen) atoms. The zero-order valence-electron chi connectivity index (χ0n) is 19.2.